The maximum atomic E-state index is 12.3. The third kappa shape index (κ3) is 7.42. The van der Waals surface area contributed by atoms with E-state index in [1.165, 1.54) is 26.4 Å². The number of halogens is 1. The van der Waals surface area contributed by atoms with Crippen LogP contribution in [0.2, 0.25) is 5.02 Å². The number of hydrogen-bond acceptors (Lipinski definition) is 6. The summed E-state index contributed by atoms with van der Waals surface area (Å²) < 4.78 is 15.4. The number of methoxy groups -OCH3 is 2. The van der Waals surface area contributed by atoms with Gasteiger partial charge in [-0.05, 0) is 54.0 Å². The Morgan fingerprint density at radius 1 is 1.06 bits per heavy atom. The molecule has 2 rings (SSSR count). The van der Waals surface area contributed by atoms with Crippen molar-refractivity contribution in [2.24, 2.45) is 5.92 Å². The van der Waals surface area contributed by atoms with Gasteiger partial charge in [0.25, 0.3) is 0 Å². The van der Waals surface area contributed by atoms with E-state index in [9.17, 15) is 14.4 Å². The van der Waals surface area contributed by atoms with Crippen LogP contribution in [0.3, 0.4) is 0 Å². The second-order valence-electron chi connectivity index (χ2n) is 7.33. The number of rotatable bonds is 10. The molecular formula is C24H26ClNO6. The molecule has 32 heavy (non-hydrogen) atoms. The summed E-state index contributed by atoms with van der Waals surface area (Å²) in [5.41, 5.74) is 1.57. The molecule has 0 atom stereocenters. The second-order valence-corrected chi connectivity index (χ2v) is 7.73. The largest absolute Gasteiger partial charge is 0.493 e. The molecule has 1 amide bonds. The molecule has 0 saturated heterocycles. The fraction of sp³-hybridized carbons (Fsp3) is 0.292. The third-order valence-corrected chi connectivity index (χ3v) is 4.58. The average Bonchev–Trinajstić information content (AvgIpc) is 2.75. The number of ether oxygens (including phenoxy) is 3. The van der Waals surface area contributed by atoms with Gasteiger partial charge < -0.3 is 19.5 Å². The molecule has 0 aliphatic rings. The van der Waals surface area contributed by atoms with E-state index in [0.717, 1.165) is 0 Å². The summed E-state index contributed by atoms with van der Waals surface area (Å²) in [5, 5.41) is 3.10. The van der Waals surface area contributed by atoms with Crippen LogP contribution >= 0.6 is 11.6 Å². The summed E-state index contributed by atoms with van der Waals surface area (Å²) in [6.45, 7) is 3.51. The fourth-order valence-electron chi connectivity index (χ4n) is 2.79. The van der Waals surface area contributed by atoms with E-state index in [1.54, 1.807) is 36.4 Å². The van der Waals surface area contributed by atoms with E-state index < -0.39 is 12.6 Å². The van der Waals surface area contributed by atoms with Crippen LogP contribution < -0.4 is 14.8 Å². The Morgan fingerprint density at radius 2 is 1.75 bits per heavy atom. The Hall–Kier alpha value is -3.32. The van der Waals surface area contributed by atoms with Gasteiger partial charge in [0.05, 0.1) is 19.2 Å². The Balaban J connectivity index is 1.91. The third-order valence-electron chi connectivity index (χ3n) is 4.30. The molecule has 0 aliphatic carbocycles. The minimum Gasteiger partial charge on any atom is -0.493 e. The quantitative estimate of drug-likeness (QED) is 0.312. The van der Waals surface area contributed by atoms with E-state index in [0.29, 0.717) is 39.8 Å². The molecule has 0 heterocycles. The van der Waals surface area contributed by atoms with Crippen molar-refractivity contribution in [1.82, 2.24) is 0 Å². The highest BCUT2D eigenvalue weighted by Crippen LogP contribution is 2.36. The first-order valence-electron chi connectivity index (χ1n) is 9.93. The van der Waals surface area contributed by atoms with Crippen LogP contribution in [0, 0.1) is 5.92 Å². The fourth-order valence-corrected chi connectivity index (χ4v) is 3.09. The van der Waals surface area contributed by atoms with E-state index in [2.05, 4.69) is 5.32 Å². The van der Waals surface area contributed by atoms with Gasteiger partial charge >= 0.3 is 5.97 Å². The minimum absolute atomic E-state index is 0.0874. The molecule has 0 radical (unpaired) electrons. The van der Waals surface area contributed by atoms with Gasteiger partial charge in [-0.3, -0.25) is 9.59 Å². The lowest BCUT2D eigenvalue weighted by Crippen LogP contribution is -2.14. The van der Waals surface area contributed by atoms with Gasteiger partial charge in [-0.1, -0.05) is 25.4 Å². The Kier molecular flexibility index (Phi) is 9.28. The van der Waals surface area contributed by atoms with E-state index in [-0.39, 0.29) is 17.6 Å². The number of esters is 1. The summed E-state index contributed by atoms with van der Waals surface area (Å²) >= 11 is 6.14. The van der Waals surface area contributed by atoms with Crippen LogP contribution in [0.5, 0.6) is 11.5 Å². The SMILES string of the molecule is COc1cc(C=CC(=O)OCC(=O)c2ccc(NC(=O)CC(C)C)cc2)cc(Cl)c1OC. The molecule has 0 spiro atoms. The van der Waals surface area contributed by atoms with Gasteiger partial charge in [-0.25, -0.2) is 4.79 Å². The zero-order chi connectivity index (χ0) is 23.7. The highest BCUT2D eigenvalue weighted by atomic mass is 35.5. The maximum Gasteiger partial charge on any atom is 0.331 e. The molecule has 0 bridgehead atoms. The second kappa shape index (κ2) is 11.9. The molecule has 2 aromatic rings. The summed E-state index contributed by atoms with van der Waals surface area (Å²) in [7, 11) is 2.96. The first-order chi connectivity index (χ1) is 15.2. The number of anilines is 1. The Morgan fingerprint density at radius 3 is 2.34 bits per heavy atom. The summed E-state index contributed by atoms with van der Waals surface area (Å²) in [6, 6.07) is 9.67. The van der Waals surface area contributed by atoms with Crippen LogP contribution in [0.15, 0.2) is 42.5 Å². The van der Waals surface area contributed by atoms with Crippen molar-refractivity contribution in [2.75, 3.05) is 26.1 Å². The van der Waals surface area contributed by atoms with Crippen molar-refractivity contribution in [1.29, 1.82) is 0 Å². The molecule has 7 nitrogen and oxygen atoms in total. The van der Waals surface area contributed by atoms with Crippen molar-refractivity contribution in [3.63, 3.8) is 0 Å². The molecule has 0 unspecified atom stereocenters. The predicted molar refractivity (Wildman–Crippen MR) is 123 cm³/mol. The van der Waals surface area contributed by atoms with Crippen molar-refractivity contribution < 1.29 is 28.6 Å². The van der Waals surface area contributed by atoms with E-state index >= 15 is 0 Å². The van der Waals surface area contributed by atoms with Crippen LogP contribution in [0.4, 0.5) is 5.69 Å². The summed E-state index contributed by atoms with van der Waals surface area (Å²) in [5.74, 6) is -0.0567. The molecular weight excluding hydrogens is 434 g/mol. The number of ketones is 1. The normalized spacial score (nSPS) is 10.8. The number of amides is 1. The number of Topliss-reactive ketones (excluding diaryl/α,β-unsaturated/α-hetero) is 1. The topological polar surface area (TPSA) is 90.9 Å². The number of carbonyl (C=O) groups excluding carboxylic acids is 3. The van der Waals surface area contributed by atoms with Crippen LogP contribution in [-0.4, -0.2) is 38.5 Å². The van der Waals surface area contributed by atoms with Gasteiger partial charge in [-0.15, -0.1) is 0 Å². The maximum absolute atomic E-state index is 12.3. The van der Waals surface area contributed by atoms with Gasteiger partial charge in [0.15, 0.2) is 23.9 Å². The van der Waals surface area contributed by atoms with Gasteiger partial charge in [0.2, 0.25) is 5.91 Å². The van der Waals surface area contributed by atoms with Gasteiger partial charge in [0, 0.05) is 23.7 Å². The van der Waals surface area contributed by atoms with Crippen molar-refractivity contribution in [3.8, 4) is 11.5 Å². The number of hydrogen-bond donors (Lipinski definition) is 1. The summed E-state index contributed by atoms with van der Waals surface area (Å²) in [4.78, 5) is 36.1. The molecule has 170 valence electrons. The first-order valence-corrected chi connectivity index (χ1v) is 10.3. The monoisotopic (exact) mass is 459 g/mol. The zero-order valence-electron chi connectivity index (χ0n) is 18.4. The highest BCUT2D eigenvalue weighted by molar-refractivity contribution is 6.32. The lowest BCUT2D eigenvalue weighted by Gasteiger charge is -2.10. The van der Waals surface area contributed by atoms with Crippen LogP contribution in [0.1, 0.15) is 36.2 Å². The highest BCUT2D eigenvalue weighted by Gasteiger charge is 2.12. The molecule has 0 saturated carbocycles. The molecule has 0 aromatic heterocycles. The number of nitrogens with one attached hydrogen (secondary N) is 1. The number of benzene rings is 2. The molecule has 8 heteroatoms. The molecule has 1 N–H and O–H groups in total. The van der Waals surface area contributed by atoms with Crippen LogP contribution in [0.25, 0.3) is 6.08 Å². The minimum atomic E-state index is -0.679. The predicted octanol–water partition coefficient (Wildman–Crippen LogP) is 4.78. The van der Waals surface area contributed by atoms with Crippen LogP contribution in [-0.2, 0) is 14.3 Å². The van der Waals surface area contributed by atoms with Gasteiger partial charge in [-0.2, -0.15) is 0 Å². The number of carbonyl (C=O) groups is 3. The zero-order valence-corrected chi connectivity index (χ0v) is 19.2. The van der Waals surface area contributed by atoms with E-state index in [4.69, 9.17) is 25.8 Å². The van der Waals surface area contributed by atoms with Gasteiger partial charge in [0.1, 0.15) is 0 Å². The summed E-state index contributed by atoms with van der Waals surface area (Å²) in [6.07, 6.45) is 3.10. The lowest BCUT2D eigenvalue weighted by atomic mass is 10.1. The standard InChI is InChI=1S/C24H26ClNO6/c1-15(2)11-22(28)26-18-8-6-17(7-9-18)20(27)14-32-23(29)10-5-16-12-19(25)24(31-4)21(13-16)30-3/h5-10,12-13,15H,11,14H2,1-4H3,(H,26,28). The van der Waals surface area contributed by atoms with Crippen molar-refractivity contribution in [2.45, 2.75) is 20.3 Å². The van der Waals surface area contributed by atoms with E-state index in [1.807, 2.05) is 13.8 Å². The average molecular weight is 460 g/mol. The Labute approximate surface area is 192 Å². The van der Waals surface area contributed by atoms with Crippen molar-refractivity contribution >= 4 is 41.0 Å². The molecule has 0 fully saturated rings. The Bertz CT molecular complexity index is 998. The smallest absolute Gasteiger partial charge is 0.331 e. The molecule has 0 aliphatic heterocycles. The first kappa shape index (κ1) is 24.9. The van der Waals surface area contributed by atoms with Crippen molar-refractivity contribution in [3.05, 3.63) is 58.6 Å². The lowest BCUT2D eigenvalue weighted by molar-refractivity contribution is -0.136. The molecule has 2 aromatic carbocycles.